The number of carbonyl (C=O) groups is 4. The van der Waals surface area contributed by atoms with Crippen LogP contribution < -0.4 is 10.1 Å². The first kappa shape index (κ1) is 27.0. The van der Waals surface area contributed by atoms with Gasteiger partial charge in [0.2, 0.25) is 0 Å². The van der Waals surface area contributed by atoms with Crippen LogP contribution >= 0.6 is 0 Å². The number of nitro groups is 1. The van der Waals surface area contributed by atoms with E-state index in [4.69, 9.17) is 14.2 Å². The van der Waals surface area contributed by atoms with Crippen molar-refractivity contribution < 1.29 is 38.3 Å². The van der Waals surface area contributed by atoms with Crippen LogP contribution in [0.1, 0.15) is 46.0 Å². The Balaban J connectivity index is 1.73. The number of hydrogen-bond donors (Lipinski definition) is 1. The Kier molecular flexibility index (Phi) is 7.47. The Morgan fingerprint density at radius 1 is 0.949 bits per heavy atom. The van der Waals surface area contributed by atoms with Crippen LogP contribution in [0.3, 0.4) is 0 Å². The molecule has 202 valence electrons. The number of rotatable bonds is 8. The van der Waals surface area contributed by atoms with Gasteiger partial charge < -0.3 is 19.5 Å². The highest BCUT2D eigenvalue weighted by atomic mass is 16.6. The molecular weight excluding hydrogens is 510 g/mol. The zero-order valence-electron chi connectivity index (χ0n) is 21.6. The zero-order chi connectivity index (χ0) is 28.4. The fraction of sp³-hybridized carbons (Fsp3) is 0.259. The van der Waals surface area contributed by atoms with E-state index in [1.54, 1.807) is 38.1 Å². The molecule has 2 amide bonds. The average molecular weight is 536 g/mol. The molecule has 39 heavy (non-hydrogen) atoms. The molecule has 0 radical (unpaired) electrons. The lowest BCUT2D eigenvalue weighted by atomic mass is 9.80. The van der Waals surface area contributed by atoms with Crippen molar-refractivity contribution in [3.8, 4) is 5.75 Å². The summed E-state index contributed by atoms with van der Waals surface area (Å²) in [6, 6.07) is 10.2. The Morgan fingerprint density at radius 3 is 1.97 bits per heavy atom. The van der Waals surface area contributed by atoms with Gasteiger partial charge in [-0.15, -0.1) is 0 Å². The largest absolute Gasteiger partial charge is 0.491 e. The summed E-state index contributed by atoms with van der Waals surface area (Å²) in [6.45, 7) is 2.95. The quantitative estimate of drug-likeness (QED) is 0.231. The van der Waals surface area contributed by atoms with Crippen LogP contribution in [0.25, 0.3) is 0 Å². The Hall–Kier alpha value is -5.00. The van der Waals surface area contributed by atoms with Crippen molar-refractivity contribution in [1.82, 2.24) is 10.2 Å². The second kappa shape index (κ2) is 10.8. The lowest BCUT2D eigenvalue weighted by Gasteiger charge is -2.31. The van der Waals surface area contributed by atoms with E-state index >= 15 is 0 Å². The Bertz CT molecular complexity index is 1400. The van der Waals surface area contributed by atoms with Crippen molar-refractivity contribution in [2.75, 3.05) is 27.4 Å². The molecule has 2 aromatic rings. The minimum Gasteiger partial charge on any atom is -0.491 e. The van der Waals surface area contributed by atoms with E-state index in [2.05, 4.69) is 5.32 Å². The van der Waals surface area contributed by atoms with Gasteiger partial charge >= 0.3 is 11.9 Å². The minimum atomic E-state index is -1.14. The summed E-state index contributed by atoms with van der Waals surface area (Å²) >= 11 is 0. The van der Waals surface area contributed by atoms with Crippen LogP contribution in [0.15, 0.2) is 65.0 Å². The summed E-state index contributed by atoms with van der Waals surface area (Å²) in [6.07, 6.45) is 0. The molecule has 0 bridgehead atoms. The monoisotopic (exact) mass is 535 g/mol. The molecule has 0 atom stereocenters. The molecule has 2 aliphatic heterocycles. The first-order valence-electron chi connectivity index (χ1n) is 11.8. The van der Waals surface area contributed by atoms with E-state index in [-0.39, 0.29) is 41.3 Å². The smallest absolute Gasteiger partial charge is 0.336 e. The van der Waals surface area contributed by atoms with E-state index in [0.717, 1.165) is 4.90 Å². The van der Waals surface area contributed by atoms with Gasteiger partial charge in [-0.3, -0.25) is 24.6 Å². The molecule has 4 rings (SSSR count). The standard InChI is InChI=1S/C27H25N3O9/c1-14-21(26(33)37-3)23(22(15(2)28-14)27(34)38-4)19-13-16(30(35)36)9-10-20(19)39-12-11-29-24(31)17-7-5-6-8-18(17)25(29)32/h5-10,13,23,28H,11-12H2,1-4H3. The molecule has 2 heterocycles. The van der Waals surface area contributed by atoms with Crippen LogP contribution in [0.4, 0.5) is 5.69 Å². The van der Waals surface area contributed by atoms with Gasteiger partial charge in [0.15, 0.2) is 0 Å². The molecule has 2 aromatic carbocycles. The summed E-state index contributed by atoms with van der Waals surface area (Å²) in [7, 11) is 2.35. The topological polar surface area (TPSA) is 154 Å². The van der Waals surface area contributed by atoms with Crippen molar-refractivity contribution in [1.29, 1.82) is 0 Å². The van der Waals surface area contributed by atoms with Crippen molar-refractivity contribution in [2.24, 2.45) is 0 Å². The number of esters is 2. The van der Waals surface area contributed by atoms with E-state index in [0.29, 0.717) is 22.5 Å². The fourth-order valence-corrected chi connectivity index (χ4v) is 4.76. The maximum atomic E-state index is 12.9. The lowest BCUT2D eigenvalue weighted by molar-refractivity contribution is -0.384. The molecule has 0 unspecified atom stereocenters. The number of dihydropyridines is 1. The molecule has 12 nitrogen and oxygen atoms in total. The number of methoxy groups -OCH3 is 2. The number of nitro benzene ring substituents is 1. The van der Waals surface area contributed by atoms with Gasteiger partial charge in [-0.2, -0.15) is 0 Å². The molecule has 0 fully saturated rings. The van der Waals surface area contributed by atoms with Crippen molar-refractivity contribution in [3.63, 3.8) is 0 Å². The number of non-ortho nitro benzene ring substituents is 1. The molecule has 12 heteroatoms. The first-order chi connectivity index (χ1) is 18.6. The predicted molar refractivity (Wildman–Crippen MR) is 136 cm³/mol. The summed E-state index contributed by atoms with van der Waals surface area (Å²) in [5, 5.41) is 14.6. The number of nitrogens with one attached hydrogen (secondary N) is 1. The zero-order valence-corrected chi connectivity index (χ0v) is 21.6. The third-order valence-corrected chi connectivity index (χ3v) is 6.54. The number of carbonyl (C=O) groups excluding carboxylic acids is 4. The maximum absolute atomic E-state index is 12.9. The van der Waals surface area contributed by atoms with Gasteiger partial charge in [-0.05, 0) is 32.0 Å². The Labute approximate surface area is 223 Å². The second-order valence-electron chi connectivity index (χ2n) is 8.75. The van der Waals surface area contributed by atoms with Gasteiger partial charge in [0.05, 0.1) is 53.9 Å². The lowest BCUT2D eigenvalue weighted by Crippen LogP contribution is -2.34. The van der Waals surface area contributed by atoms with Gasteiger partial charge in [0, 0.05) is 29.1 Å². The molecule has 0 saturated heterocycles. The fourth-order valence-electron chi connectivity index (χ4n) is 4.76. The van der Waals surface area contributed by atoms with Crippen LogP contribution in [0.2, 0.25) is 0 Å². The molecule has 2 aliphatic rings. The number of allylic oxidation sites excluding steroid dienone is 2. The van der Waals surface area contributed by atoms with E-state index in [9.17, 15) is 29.3 Å². The van der Waals surface area contributed by atoms with Gasteiger partial charge in [-0.1, -0.05) is 12.1 Å². The number of amides is 2. The van der Waals surface area contributed by atoms with Crippen LogP contribution in [0.5, 0.6) is 5.75 Å². The highest BCUT2D eigenvalue weighted by Gasteiger charge is 2.40. The molecule has 0 aliphatic carbocycles. The number of hydrogen-bond acceptors (Lipinski definition) is 10. The summed E-state index contributed by atoms with van der Waals surface area (Å²) in [5.41, 5.74) is 1.23. The SMILES string of the molecule is COC(=O)C1=C(C)NC(C)=C(C(=O)OC)C1c1cc([N+](=O)[O-])ccc1OCCN1C(=O)c2ccccc2C1=O. The summed E-state index contributed by atoms with van der Waals surface area (Å²) < 4.78 is 15.9. The summed E-state index contributed by atoms with van der Waals surface area (Å²) in [4.78, 5) is 63.2. The van der Waals surface area contributed by atoms with Crippen LogP contribution in [-0.4, -0.2) is 60.9 Å². The van der Waals surface area contributed by atoms with Gasteiger partial charge in [0.1, 0.15) is 12.4 Å². The predicted octanol–water partition coefficient (Wildman–Crippen LogP) is 2.85. The molecule has 0 aromatic heterocycles. The van der Waals surface area contributed by atoms with Gasteiger partial charge in [-0.25, -0.2) is 9.59 Å². The van der Waals surface area contributed by atoms with E-state index in [1.165, 1.54) is 32.4 Å². The number of fused-ring (bicyclic) bond motifs is 1. The van der Waals surface area contributed by atoms with Crippen molar-refractivity contribution in [3.05, 3.63) is 91.8 Å². The Morgan fingerprint density at radius 2 is 1.49 bits per heavy atom. The number of nitrogens with zero attached hydrogens (tertiary/aromatic N) is 2. The van der Waals surface area contributed by atoms with E-state index in [1.807, 2.05) is 0 Å². The molecule has 0 saturated carbocycles. The van der Waals surface area contributed by atoms with Crippen molar-refractivity contribution >= 4 is 29.4 Å². The van der Waals surface area contributed by atoms with E-state index < -0.39 is 34.6 Å². The molecule has 0 spiro atoms. The van der Waals surface area contributed by atoms with Gasteiger partial charge in [0.25, 0.3) is 17.5 Å². The third kappa shape index (κ3) is 4.83. The average Bonchev–Trinajstić information content (AvgIpc) is 3.16. The third-order valence-electron chi connectivity index (χ3n) is 6.54. The molecule has 1 N–H and O–H groups in total. The highest BCUT2D eigenvalue weighted by Crippen LogP contribution is 2.44. The molecular formula is C27H25N3O9. The van der Waals surface area contributed by atoms with Crippen molar-refractivity contribution in [2.45, 2.75) is 19.8 Å². The van der Waals surface area contributed by atoms with Crippen LogP contribution in [0, 0.1) is 10.1 Å². The summed E-state index contributed by atoms with van der Waals surface area (Å²) in [5.74, 6) is -3.48. The second-order valence-corrected chi connectivity index (χ2v) is 8.75. The minimum absolute atomic E-state index is 0.0363. The van der Waals surface area contributed by atoms with Crippen LogP contribution in [-0.2, 0) is 19.1 Å². The first-order valence-corrected chi connectivity index (χ1v) is 11.8. The maximum Gasteiger partial charge on any atom is 0.336 e. The number of ether oxygens (including phenoxy) is 3. The number of imide groups is 1. The highest BCUT2D eigenvalue weighted by molar-refractivity contribution is 6.21. The normalized spacial score (nSPS) is 15.2. The number of benzene rings is 2.